The van der Waals surface area contributed by atoms with Crippen LogP contribution in [-0.2, 0) is 9.59 Å². The van der Waals surface area contributed by atoms with Gasteiger partial charge in [-0.05, 0) is 51.5 Å². The summed E-state index contributed by atoms with van der Waals surface area (Å²) < 4.78 is 2.15. The van der Waals surface area contributed by atoms with Crippen LogP contribution in [0.1, 0.15) is 73.2 Å². The highest BCUT2D eigenvalue weighted by molar-refractivity contribution is 6.45. The molecule has 28 heavy (non-hydrogen) atoms. The highest BCUT2D eigenvalue weighted by Crippen LogP contribution is 2.38. The number of imide groups is 2. The lowest BCUT2D eigenvalue weighted by Crippen LogP contribution is -2.46. The molecule has 1 aliphatic heterocycles. The number of rotatable bonds is 5. The van der Waals surface area contributed by atoms with Crippen LogP contribution in [0, 0.1) is 19.8 Å². The van der Waals surface area contributed by atoms with E-state index in [1.54, 1.807) is 0 Å². The number of carbonyl (C=O) groups is 4. The second-order valence-electron chi connectivity index (χ2n) is 8.49. The second-order valence-corrected chi connectivity index (χ2v) is 8.49. The van der Waals surface area contributed by atoms with E-state index in [9.17, 15) is 19.2 Å². The monoisotopic (exact) mass is 385 g/mol. The lowest BCUT2D eigenvalue weighted by molar-refractivity contribution is -0.144. The summed E-state index contributed by atoms with van der Waals surface area (Å²) in [6.07, 6.45) is 5.87. The Morgan fingerprint density at radius 3 is 2.36 bits per heavy atom. The first-order chi connectivity index (χ1) is 13.3. The first kappa shape index (κ1) is 18.9. The van der Waals surface area contributed by atoms with E-state index in [0.29, 0.717) is 11.6 Å². The third-order valence-electron chi connectivity index (χ3n) is 6.48. The molecule has 3 fully saturated rings. The molecule has 1 aromatic heterocycles. The maximum absolute atomic E-state index is 12.9. The standard InChI is InChI=1S/C21H27N3O4/c1-12-6-4-5-7-17(12)24-20(27)19(26)22(21(24)28)11-18(25)16-10-13(2)23(14(16)3)15-8-9-15/h10,12,15,17H,4-9,11H2,1-3H3/t12-,17-/m0/s1. The number of amides is 4. The Bertz CT molecular complexity index is 867. The lowest BCUT2D eigenvalue weighted by Gasteiger charge is -2.34. The lowest BCUT2D eigenvalue weighted by atomic mass is 9.85. The fraction of sp³-hybridized carbons (Fsp3) is 0.619. The predicted octanol–water partition coefficient (Wildman–Crippen LogP) is 2.99. The van der Waals surface area contributed by atoms with E-state index >= 15 is 0 Å². The first-order valence-corrected chi connectivity index (χ1v) is 10.2. The zero-order chi connectivity index (χ0) is 20.2. The minimum absolute atomic E-state index is 0.169. The zero-order valence-corrected chi connectivity index (χ0v) is 16.7. The summed E-state index contributed by atoms with van der Waals surface area (Å²) in [7, 11) is 0. The van der Waals surface area contributed by atoms with Crippen LogP contribution in [0.15, 0.2) is 6.07 Å². The van der Waals surface area contributed by atoms with Gasteiger partial charge in [0.1, 0.15) is 0 Å². The molecule has 0 aromatic carbocycles. The van der Waals surface area contributed by atoms with Gasteiger partial charge in [0.15, 0.2) is 5.78 Å². The number of hydrogen-bond acceptors (Lipinski definition) is 4. The van der Waals surface area contributed by atoms with Crippen LogP contribution in [0.5, 0.6) is 0 Å². The van der Waals surface area contributed by atoms with E-state index in [4.69, 9.17) is 0 Å². The zero-order valence-electron chi connectivity index (χ0n) is 16.7. The number of aryl methyl sites for hydroxylation is 1. The molecule has 0 bridgehead atoms. The van der Waals surface area contributed by atoms with Crippen molar-refractivity contribution < 1.29 is 19.2 Å². The molecule has 4 amide bonds. The van der Waals surface area contributed by atoms with Crippen LogP contribution < -0.4 is 0 Å². The number of ketones is 1. The second kappa shape index (κ2) is 6.87. The molecule has 0 spiro atoms. The van der Waals surface area contributed by atoms with Crippen molar-refractivity contribution in [3.8, 4) is 0 Å². The molecule has 0 N–H and O–H groups in total. The minimum Gasteiger partial charge on any atom is -0.345 e. The normalized spacial score (nSPS) is 25.8. The molecule has 2 saturated carbocycles. The van der Waals surface area contributed by atoms with Crippen molar-refractivity contribution in [2.75, 3.05) is 6.54 Å². The fourth-order valence-corrected chi connectivity index (χ4v) is 4.82. The Kier molecular flexibility index (Phi) is 4.63. The molecule has 150 valence electrons. The summed E-state index contributed by atoms with van der Waals surface area (Å²) in [5.74, 6) is -1.80. The van der Waals surface area contributed by atoms with Crippen LogP contribution in [0.4, 0.5) is 4.79 Å². The molecule has 3 aliphatic rings. The quantitative estimate of drug-likeness (QED) is 0.443. The van der Waals surface area contributed by atoms with Crippen LogP contribution in [-0.4, -0.2) is 50.6 Å². The average Bonchev–Trinajstić information content (AvgIpc) is 3.41. The number of aromatic nitrogens is 1. The molecule has 2 atom stereocenters. The van der Waals surface area contributed by atoms with Crippen LogP contribution in [0.3, 0.4) is 0 Å². The molecule has 1 saturated heterocycles. The highest BCUT2D eigenvalue weighted by Gasteiger charge is 2.49. The Morgan fingerprint density at radius 1 is 1.04 bits per heavy atom. The molecule has 7 heteroatoms. The summed E-state index contributed by atoms with van der Waals surface area (Å²) >= 11 is 0. The van der Waals surface area contributed by atoms with Crippen molar-refractivity contribution in [3.05, 3.63) is 23.0 Å². The van der Waals surface area contributed by atoms with Crippen molar-refractivity contribution in [2.24, 2.45) is 5.92 Å². The van der Waals surface area contributed by atoms with Gasteiger partial charge < -0.3 is 4.57 Å². The molecule has 4 rings (SSSR count). The smallest absolute Gasteiger partial charge is 0.334 e. The van der Waals surface area contributed by atoms with Gasteiger partial charge >= 0.3 is 17.8 Å². The van der Waals surface area contributed by atoms with Gasteiger partial charge in [-0.2, -0.15) is 0 Å². The number of nitrogens with zero attached hydrogens (tertiary/aromatic N) is 3. The largest absolute Gasteiger partial charge is 0.345 e. The summed E-state index contributed by atoms with van der Waals surface area (Å²) in [4.78, 5) is 52.7. The molecule has 1 aromatic rings. The molecule has 0 unspecified atom stereocenters. The van der Waals surface area contributed by atoms with E-state index in [0.717, 1.165) is 59.7 Å². The van der Waals surface area contributed by atoms with E-state index in [2.05, 4.69) is 4.57 Å². The Labute approximate surface area is 164 Å². The topological polar surface area (TPSA) is 79.7 Å². The van der Waals surface area contributed by atoms with E-state index in [1.807, 2.05) is 26.8 Å². The SMILES string of the molecule is Cc1cc(C(=O)CN2C(=O)C(=O)N([C@H]3CCCC[C@@H]3C)C2=O)c(C)n1C1CC1. The molecule has 7 nitrogen and oxygen atoms in total. The molecule has 2 heterocycles. The summed E-state index contributed by atoms with van der Waals surface area (Å²) in [6, 6.07) is 1.38. The van der Waals surface area contributed by atoms with Crippen LogP contribution >= 0.6 is 0 Å². The van der Waals surface area contributed by atoms with Gasteiger partial charge in [0, 0.05) is 29.0 Å². The molecular weight excluding hydrogens is 358 g/mol. The average molecular weight is 385 g/mol. The third kappa shape index (κ3) is 2.97. The van der Waals surface area contributed by atoms with Gasteiger partial charge in [-0.3, -0.25) is 19.3 Å². The van der Waals surface area contributed by atoms with Crippen LogP contribution in [0.25, 0.3) is 0 Å². The molecular formula is C21H27N3O4. The number of Topliss-reactive ketones (excluding diaryl/α,β-unsaturated/α-hetero) is 1. The minimum atomic E-state index is -0.882. The van der Waals surface area contributed by atoms with Gasteiger partial charge in [-0.1, -0.05) is 19.8 Å². The van der Waals surface area contributed by atoms with Gasteiger partial charge in [-0.25, -0.2) is 9.69 Å². The summed E-state index contributed by atoms with van der Waals surface area (Å²) in [6.45, 7) is 5.49. The fourth-order valence-electron chi connectivity index (χ4n) is 4.82. The highest BCUT2D eigenvalue weighted by atomic mass is 16.2. The Morgan fingerprint density at radius 2 is 1.71 bits per heavy atom. The third-order valence-corrected chi connectivity index (χ3v) is 6.48. The van der Waals surface area contributed by atoms with Gasteiger partial charge in [0.25, 0.3) is 0 Å². The van der Waals surface area contributed by atoms with Crippen molar-refractivity contribution in [1.82, 2.24) is 14.4 Å². The maximum Gasteiger partial charge on any atom is 0.334 e. The number of carbonyl (C=O) groups excluding carboxylic acids is 4. The molecule has 2 aliphatic carbocycles. The molecule has 0 radical (unpaired) electrons. The van der Waals surface area contributed by atoms with E-state index < -0.39 is 17.8 Å². The first-order valence-electron chi connectivity index (χ1n) is 10.2. The Balaban J connectivity index is 1.54. The predicted molar refractivity (Wildman–Crippen MR) is 102 cm³/mol. The van der Waals surface area contributed by atoms with Gasteiger partial charge in [0.05, 0.1) is 6.54 Å². The Hall–Kier alpha value is -2.44. The maximum atomic E-state index is 12.9. The summed E-state index contributed by atoms with van der Waals surface area (Å²) in [5, 5.41) is 0. The van der Waals surface area contributed by atoms with Crippen molar-refractivity contribution in [1.29, 1.82) is 0 Å². The summed E-state index contributed by atoms with van der Waals surface area (Å²) in [5.41, 5.74) is 2.41. The van der Waals surface area contributed by atoms with Crippen molar-refractivity contribution in [3.63, 3.8) is 0 Å². The van der Waals surface area contributed by atoms with E-state index in [-0.39, 0.29) is 24.3 Å². The van der Waals surface area contributed by atoms with Crippen LogP contribution in [0.2, 0.25) is 0 Å². The number of hydrogen-bond donors (Lipinski definition) is 0. The van der Waals surface area contributed by atoms with Gasteiger partial charge in [0.2, 0.25) is 0 Å². The van der Waals surface area contributed by atoms with Crippen molar-refractivity contribution >= 4 is 23.6 Å². The van der Waals surface area contributed by atoms with Gasteiger partial charge in [-0.15, -0.1) is 0 Å². The van der Waals surface area contributed by atoms with Crippen molar-refractivity contribution in [2.45, 2.75) is 71.4 Å². The number of urea groups is 1. The van der Waals surface area contributed by atoms with E-state index in [1.165, 1.54) is 0 Å².